The van der Waals surface area contributed by atoms with Crippen LogP contribution in [0.3, 0.4) is 0 Å². The van der Waals surface area contributed by atoms with Gasteiger partial charge in [0.05, 0.1) is 0 Å². The molecule has 1 fully saturated rings. The fraction of sp³-hybridized carbons (Fsp3) is 0.318. The van der Waals surface area contributed by atoms with Crippen LogP contribution in [-0.4, -0.2) is 35.8 Å². The van der Waals surface area contributed by atoms with Gasteiger partial charge in [-0.1, -0.05) is 56.3 Å². The van der Waals surface area contributed by atoms with Gasteiger partial charge in [-0.15, -0.1) is 0 Å². The summed E-state index contributed by atoms with van der Waals surface area (Å²) < 4.78 is 13.3. The van der Waals surface area contributed by atoms with Crippen molar-refractivity contribution in [1.82, 2.24) is 15.5 Å². The summed E-state index contributed by atoms with van der Waals surface area (Å²) in [4.78, 5) is 38.7. The Hall–Kier alpha value is -3.22. The number of benzene rings is 2. The smallest absolute Gasteiger partial charge is 0.325 e. The Labute approximate surface area is 169 Å². The summed E-state index contributed by atoms with van der Waals surface area (Å²) in [5.74, 6) is -1.26. The minimum absolute atomic E-state index is 0.0946. The fourth-order valence-electron chi connectivity index (χ4n) is 3.51. The van der Waals surface area contributed by atoms with Crippen molar-refractivity contribution in [3.8, 4) is 0 Å². The van der Waals surface area contributed by atoms with Gasteiger partial charge in [0.15, 0.2) is 0 Å². The molecule has 2 aromatic rings. The second kappa shape index (κ2) is 8.43. The lowest BCUT2D eigenvalue weighted by atomic mass is 9.87. The topological polar surface area (TPSA) is 78.5 Å². The van der Waals surface area contributed by atoms with Gasteiger partial charge in [0, 0.05) is 6.54 Å². The van der Waals surface area contributed by atoms with Gasteiger partial charge in [-0.05, 0) is 35.6 Å². The first-order valence-electron chi connectivity index (χ1n) is 9.59. The minimum atomic E-state index is -1.29. The van der Waals surface area contributed by atoms with E-state index in [1.54, 1.807) is 6.92 Å². The second-order valence-corrected chi connectivity index (χ2v) is 7.20. The monoisotopic (exact) mass is 397 g/mol. The minimum Gasteiger partial charge on any atom is -0.354 e. The van der Waals surface area contributed by atoms with Crippen LogP contribution in [0.25, 0.3) is 0 Å². The summed E-state index contributed by atoms with van der Waals surface area (Å²) in [6.07, 6.45) is 0.284. The average Bonchev–Trinajstić information content (AvgIpc) is 2.98. The van der Waals surface area contributed by atoms with Crippen molar-refractivity contribution >= 4 is 17.8 Å². The van der Waals surface area contributed by atoms with E-state index >= 15 is 0 Å². The van der Waals surface area contributed by atoms with Gasteiger partial charge >= 0.3 is 6.03 Å². The Morgan fingerprint density at radius 1 is 1.14 bits per heavy atom. The van der Waals surface area contributed by atoms with Crippen LogP contribution in [-0.2, 0) is 15.1 Å². The Kier molecular flexibility index (Phi) is 5.96. The largest absolute Gasteiger partial charge is 0.354 e. The zero-order valence-electron chi connectivity index (χ0n) is 16.4. The quantitative estimate of drug-likeness (QED) is 0.705. The molecular formula is C22H24FN3O3. The predicted octanol–water partition coefficient (Wildman–Crippen LogP) is 2.90. The molecule has 2 atom stereocenters. The van der Waals surface area contributed by atoms with E-state index in [1.807, 2.05) is 37.3 Å². The van der Waals surface area contributed by atoms with Crippen molar-refractivity contribution in [3.05, 3.63) is 71.5 Å². The van der Waals surface area contributed by atoms with Gasteiger partial charge in [-0.25, -0.2) is 9.18 Å². The van der Waals surface area contributed by atoms with Crippen molar-refractivity contribution in [1.29, 1.82) is 0 Å². The molecule has 0 aromatic heterocycles. The van der Waals surface area contributed by atoms with E-state index in [0.29, 0.717) is 12.1 Å². The van der Waals surface area contributed by atoms with Crippen molar-refractivity contribution in [2.75, 3.05) is 13.1 Å². The lowest BCUT2D eigenvalue weighted by Crippen LogP contribution is -2.45. The third kappa shape index (κ3) is 4.13. The molecule has 0 aliphatic carbocycles. The molecule has 4 amide bonds. The molecular weight excluding hydrogens is 373 g/mol. The van der Waals surface area contributed by atoms with Crippen LogP contribution in [0.4, 0.5) is 9.18 Å². The number of rotatable bonds is 7. The molecule has 3 rings (SSSR count). The van der Waals surface area contributed by atoms with E-state index in [4.69, 9.17) is 0 Å². The number of halogens is 1. The Bertz CT molecular complexity index is 901. The molecule has 2 N–H and O–H groups in total. The zero-order valence-corrected chi connectivity index (χ0v) is 16.4. The van der Waals surface area contributed by atoms with Crippen LogP contribution in [0.5, 0.6) is 0 Å². The number of urea groups is 1. The van der Waals surface area contributed by atoms with E-state index in [1.165, 1.54) is 24.3 Å². The molecule has 0 spiro atoms. The van der Waals surface area contributed by atoms with Crippen molar-refractivity contribution in [3.63, 3.8) is 0 Å². The average molecular weight is 397 g/mol. The molecule has 152 valence electrons. The first-order valence-corrected chi connectivity index (χ1v) is 9.59. The normalized spacial score (nSPS) is 19.8. The van der Waals surface area contributed by atoms with Gasteiger partial charge in [-0.3, -0.25) is 14.5 Å². The summed E-state index contributed by atoms with van der Waals surface area (Å²) >= 11 is 0. The summed E-state index contributed by atoms with van der Waals surface area (Å²) in [7, 11) is 0. The summed E-state index contributed by atoms with van der Waals surface area (Å²) in [6.45, 7) is 3.77. The van der Waals surface area contributed by atoms with Crippen LogP contribution in [0.15, 0.2) is 54.6 Å². The maximum atomic E-state index is 13.3. The fourth-order valence-corrected chi connectivity index (χ4v) is 3.51. The Balaban J connectivity index is 1.66. The Morgan fingerprint density at radius 3 is 2.41 bits per heavy atom. The highest BCUT2D eigenvalue weighted by Gasteiger charge is 2.51. The van der Waals surface area contributed by atoms with E-state index in [2.05, 4.69) is 10.6 Å². The van der Waals surface area contributed by atoms with Crippen molar-refractivity contribution in [2.45, 2.75) is 31.7 Å². The van der Waals surface area contributed by atoms with Gasteiger partial charge in [0.1, 0.15) is 17.9 Å². The van der Waals surface area contributed by atoms with Gasteiger partial charge < -0.3 is 10.6 Å². The maximum absolute atomic E-state index is 13.3. The predicted molar refractivity (Wildman–Crippen MR) is 106 cm³/mol. The molecule has 1 aliphatic heterocycles. The molecule has 0 bridgehead atoms. The second-order valence-electron chi connectivity index (χ2n) is 7.20. The van der Waals surface area contributed by atoms with E-state index in [-0.39, 0.29) is 18.9 Å². The summed E-state index contributed by atoms with van der Waals surface area (Å²) in [5.41, 5.74) is 0.284. The first-order chi connectivity index (χ1) is 13.9. The number of nitrogens with zero attached hydrogens (tertiary/aromatic N) is 1. The SMILES string of the molecule is CC[C@@]1(c2ccc(F)cc2)NC(=O)N(CC(=O)NC[C@H](C)c2ccccc2)C1=O. The van der Waals surface area contributed by atoms with Crippen LogP contribution in [0.1, 0.15) is 37.3 Å². The zero-order chi connectivity index (χ0) is 21.0. The van der Waals surface area contributed by atoms with Gasteiger partial charge in [-0.2, -0.15) is 0 Å². The van der Waals surface area contributed by atoms with E-state index in [9.17, 15) is 18.8 Å². The van der Waals surface area contributed by atoms with E-state index < -0.39 is 29.2 Å². The molecule has 1 saturated heterocycles. The molecule has 0 radical (unpaired) electrons. The number of hydrogen-bond acceptors (Lipinski definition) is 3. The standard InChI is InChI=1S/C22H24FN3O3/c1-3-22(17-9-11-18(23)12-10-17)20(28)26(21(29)25-22)14-19(27)24-13-15(2)16-7-5-4-6-8-16/h4-12,15H,3,13-14H2,1-2H3,(H,24,27)(H,25,29)/t15-,22-/m0/s1. The molecule has 6 nitrogen and oxygen atoms in total. The molecule has 0 unspecified atom stereocenters. The summed E-state index contributed by atoms with van der Waals surface area (Å²) in [6, 6.07) is 14.5. The maximum Gasteiger partial charge on any atom is 0.325 e. The third-order valence-corrected chi connectivity index (χ3v) is 5.32. The van der Waals surface area contributed by atoms with Crippen LogP contribution in [0, 0.1) is 5.82 Å². The number of imide groups is 1. The molecule has 1 aliphatic rings. The third-order valence-electron chi connectivity index (χ3n) is 5.32. The molecule has 7 heteroatoms. The molecule has 0 saturated carbocycles. The van der Waals surface area contributed by atoms with Crippen LogP contribution < -0.4 is 10.6 Å². The van der Waals surface area contributed by atoms with Crippen LogP contribution in [0.2, 0.25) is 0 Å². The van der Waals surface area contributed by atoms with Gasteiger partial charge in [0.25, 0.3) is 5.91 Å². The van der Waals surface area contributed by atoms with Crippen molar-refractivity contribution < 1.29 is 18.8 Å². The molecule has 2 aromatic carbocycles. The van der Waals surface area contributed by atoms with Gasteiger partial charge in [0.2, 0.25) is 5.91 Å². The number of carbonyl (C=O) groups is 3. The lowest BCUT2D eigenvalue weighted by molar-refractivity contribution is -0.135. The van der Waals surface area contributed by atoms with Crippen molar-refractivity contribution in [2.24, 2.45) is 0 Å². The lowest BCUT2D eigenvalue weighted by Gasteiger charge is -2.25. The first kappa shape index (κ1) is 20.5. The number of hydrogen-bond donors (Lipinski definition) is 2. The number of amides is 4. The number of nitrogens with one attached hydrogen (secondary N) is 2. The van der Waals surface area contributed by atoms with Crippen LogP contribution >= 0.6 is 0 Å². The highest BCUT2D eigenvalue weighted by molar-refractivity contribution is 6.09. The summed E-state index contributed by atoms with van der Waals surface area (Å²) in [5, 5.41) is 5.46. The molecule has 1 heterocycles. The highest BCUT2D eigenvalue weighted by Crippen LogP contribution is 2.32. The number of carbonyl (C=O) groups excluding carboxylic acids is 3. The van der Waals surface area contributed by atoms with E-state index in [0.717, 1.165) is 10.5 Å². The molecule has 29 heavy (non-hydrogen) atoms. The Morgan fingerprint density at radius 2 is 1.79 bits per heavy atom. The highest BCUT2D eigenvalue weighted by atomic mass is 19.1.